The summed E-state index contributed by atoms with van der Waals surface area (Å²) in [6.07, 6.45) is 1.67. The maximum absolute atomic E-state index is 12.7. The van der Waals surface area contributed by atoms with Gasteiger partial charge in [0.1, 0.15) is 5.82 Å². The van der Waals surface area contributed by atoms with Crippen LogP contribution in [-0.4, -0.2) is 47.4 Å². The zero-order valence-electron chi connectivity index (χ0n) is 18.2. The van der Waals surface area contributed by atoms with Gasteiger partial charge in [-0.15, -0.1) is 10.2 Å². The third-order valence-electron chi connectivity index (χ3n) is 5.54. The fraction of sp³-hybridized carbons (Fsp3) is 0.200. The maximum atomic E-state index is 12.7. The van der Waals surface area contributed by atoms with Crippen molar-refractivity contribution in [3.8, 4) is 22.9 Å². The number of aromatic nitrogens is 3. The molecule has 1 aliphatic heterocycles. The summed E-state index contributed by atoms with van der Waals surface area (Å²) in [7, 11) is 0. The molecule has 1 N–H and O–H groups in total. The molecule has 0 radical (unpaired) electrons. The van der Waals surface area contributed by atoms with E-state index in [1.54, 1.807) is 30.5 Å². The molecule has 1 aliphatic rings. The molecule has 3 heterocycles. The highest BCUT2D eigenvalue weighted by Crippen LogP contribution is 2.26. The van der Waals surface area contributed by atoms with Crippen molar-refractivity contribution in [2.24, 2.45) is 0 Å². The standard InChI is InChI=1S/C25H23N5O3/c1-17-4-2-3-5-21(17)25-29-28-24(33-25)19-8-6-18(7-9-19)23(31)27-20-10-11-22(26-16-20)30-12-14-32-15-13-30/h2-11,16H,12-15H2,1H3,(H,27,31). The smallest absolute Gasteiger partial charge is 0.255 e. The second-order valence-corrected chi connectivity index (χ2v) is 7.76. The fourth-order valence-corrected chi connectivity index (χ4v) is 3.67. The quantitative estimate of drug-likeness (QED) is 0.496. The number of anilines is 2. The van der Waals surface area contributed by atoms with Crippen LogP contribution in [0.4, 0.5) is 11.5 Å². The molecule has 0 aliphatic carbocycles. The van der Waals surface area contributed by atoms with Crippen LogP contribution >= 0.6 is 0 Å². The van der Waals surface area contributed by atoms with E-state index in [4.69, 9.17) is 9.15 Å². The van der Waals surface area contributed by atoms with E-state index in [9.17, 15) is 4.79 Å². The monoisotopic (exact) mass is 441 g/mol. The van der Waals surface area contributed by atoms with Crippen LogP contribution in [-0.2, 0) is 4.74 Å². The minimum Gasteiger partial charge on any atom is -0.416 e. The molecular weight excluding hydrogens is 418 g/mol. The van der Waals surface area contributed by atoms with E-state index in [-0.39, 0.29) is 5.91 Å². The van der Waals surface area contributed by atoms with Gasteiger partial charge in [-0.1, -0.05) is 18.2 Å². The first-order valence-electron chi connectivity index (χ1n) is 10.8. The van der Waals surface area contributed by atoms with Gasteiger partial charge in [-0.25, -0.2) is 4.98 Å². The molecular formula is C25H23N5O3. The van der Waals surface area contributed by atoms with E-state index in [0.717, 1.165) is 35.6 Å². The lowest BCUT2D eigenvalue weighted by Crippen LogP contribution is -2.36. The summed E-state index contributed by atoms with van der Waals surface area (Å²) in [6, 6.07) is 18.7. The molecule has 0 saturated carbocycles. The Kier molecular flexibility index (Phi) is 5.82. The number of ether oxygens (including phenoxy) is 1. The number of carbonyl (C=O) groups excluding carboxylic acids is 1. The molecule has 1 amide bonds. The van der Waals surface area contributed by atoms with E-state index >= 15 is 0 Å². The van der Waals surface area contributed by atoms with Crippen molar-refractivity contribution in [1.82, 2.24) is 15.2 Å². The van der Waals surface area contributed by atoms with Crippen LogP contribution in [0.2, 0.25) is 0 Å². The number of pyridine rings is 1. The highest BCUT2D eigenvalue weighted by Gasteiger charge is 2.15. The van der Waals surface area contributed by atoms with Gasteiger partial charge in [0.25, 0.3) is 5.91 Å². The van der Waals surface area contributed by atoms with Gasteiger partial charge in [-0.05, 0) is 55.0 Å². The number of hydrogen-bond acceptors (Lipinski definition) is 7. The van der Waals surface area contributed by atoms with Crippen molar-refractivity contribution in [2.45, 2.75) is 6.92 Å². The minimum absolute atomic E-state index is 0.214. The van der Waals surface area contributed by atoms with Crippen LogP contribution in [0.15, 0.2) is 71.3 Å². The molecule has 2 aromatic carbocycles. The van der Waals surface area contributed by atoms with E-state index in [1.807, 2.05) is 43.3 Å². The van der Waals surface area contributed by atoms with Gasteiger partial charge in [0.2, 0.25) is 11.8 Å². The molecule has 0 unspecified atom stereocenters. The van der Waals surface area contributed by atoms with Crippen molar-refractivity contribution < 1.29 is 13.9 Å². The van der Waals surface area contributed by atoms with Crippen molar-refractivity contribution in [3.05, 3.63) is 78.0 Å². The summed E-state index contributed by atoms with van der Waals surface area (Å²) in [6.45, 7) is 5.04. The lowest BCUT2D eigenvalue weighted by molar-refractivity contribution is 0.102. The van der Waals surface area contributed by atoms with Gasteiger partial charge in [-0.3, -0.25) is 4.79 Å². The first-order valence-corrected chi connectivity index (χ1v) is 10.8. The molecule has 166 valence electrons. The number of morpholine rings is 1. The van der Waals surface area contributed by atoms with Gasteiger partial charge in [0.15, 0.2) is 0 Å². The Morgan fingerprint density at radius 1 is 0.939 bits per heavy atom. The second kappa shape index (κ2) is 9.22. The topological polar surface area (TPSA) is 93.4 Å². The van der Waals surface area contributed by atoms with E-state index in [1.165, 1.54) is 0 Å². The summed E-state index contributed by atoms with van der Waals surface area (Å²) in [5, 5.41) is 11.2. The normalized spacial score (nSPS) is 13.7. The highest BCUT2D eigenvalue weighted by molar-refractivity contribution is 6.04. The van der Waals surface area contributed by atoms with Gasteiger partial charge in [0.05, 0.1) is 25.1 Å². The molecule has 33 heavy (non-hydrogen) atoms. The molecule has 4 aromatic rings. The SMILES string of the molecule is Cc1ccccc1-c1nnc(-c2ccc(C(=O)Nc3ccc(N4CCOCC4)nc3)cc2)o1. The molecule has 2 aromatic heterocycles. The summed E-state index contributed by atoms with van der Waals surface area (Å²) < 4.78 is 11.2. The van der Waals surface area contributed by atoms with Gasteiger partial charge < -0.3 is 19.4 Å². The Labute approximate surface area is 191 Å². The van der Waals surface area contributed by atoms with Crippen LogP contribution in [0, 0.1) is 6.92 Å². The molecule has 0 bridgehead atoms. The Balaban J connectivity index is 1.25. The summed E-state index contributed by atoms with van der Waals surface area (Å²) in [4.78, 5) is 19.3. The number of benzene rings is 2. The van der Waals surface area contributed by atoms with E-state index in [0.29, 0.717) is 36.2 Å². The predicted octanol–water partition coefficient (Wildman–Crippen LogP) is 4.20. The van der Waals surface area contributed by atoms with Gasteiger partial charge in [0, 0.05) is 29.8 Å². The van der Waals surface area contributed by atoms with E-state index in [2.05, 4.69) is 25.4 Å². The van der Waals surface area contributed by atoms with Gasteiger partial charge in [-0.2, -0.15) is 0 Å². The summed E-state index contributed by atoms with van der Waals surface area (Å²) in [5.74, 6) is 1.54. The van der Waals surface area contributed by atoms with Crippen LogP contribution in [0.25, 0.3) is 22.9 Å². The molecule has 0 spiro atoms. The number of amides is 1. The summed E-state index contributed by atoms with van der Waals surface area (Å²) in [5.41, 5.74) is 3.87. The largest absolute Gasteiger partial charge is 0.416 e. The number of aryl methyl sites for hydroxylation is 1. The molecule has 5 rings (SSSR count). The Morgan fingerprint density at radius 2 is 1.70 bits per heavy atom. The number of nitrogens with zero attached hydrogens (tertiary/aromatic N) is 4. The van der Waals surface area contributed by atoms with Crippen LogP contribution in [0.3, 0.4) is 0 Å². The van der Waals surface area contributed by atoms with Crippen LogP contribution in [0.5, 0.6) is 0 Å². The lowest BCUT2D eigenvalue weighted by Gasteiger charge is -2.27. The van der Waals surface area contributed by atoms with Crippen molar-refractivity contribution >= 4 is 17.4 Å². The Bertz CT molecular complexity index is 1250. The number of rotatable bonds is 5. The molecule has 1 saturated heterocycles. The van der Waals surface area contributed by atoms with Gasteiger partial charge >= 0.3 is 0 Å². The molecule has 1 fully saturated rings. The average molecular weight is 441 g/mol. The minimum atomic E-state index is -0.214. The Morgan fingerprint density at radius 3 is 2.42 bits per heavy atom. The maximum Gasteiger partial charge on any atom is 0.255 e. The van der Waals surface area contributed by atoms with Crippen molar-refractivity contribution in [1.29, 1.82) is 0 Å². The first-order chi connectivity index (χ1) is 16.2. The number of carbonyl (C=O) groups is 1. The highest BCUT2D eigenvalue weighted by atomic mass is 16.5. The zero-order valence-corrected chi connectivity index (χ0v) is 18.2. The van der Waals surface area contributed by atoms with Crippen molar-refractivity contribution in [3.63, 3.8) is 0 Å². The average Bonchev–Trinajstić information content (AvgIpc) is 3.35. The number of nitrogens with one attached hydrogen (secondary N) is 1. The second-order valence-electron chi connectivity index (χ2n) is 7.76. The zero-order chi connectivity index (χ0) is 22.6. The van der Waals surface area contributed by atoms with Crippen LogP contribution < -0.4 is 10.2 Å². The predicted molar refractivity (Wildman–Crippen MR) is 125 cm³/mol. The molecule has 8 nitrogen and oxygen atoms in total. The summed E-state index contributed by atoms with van der Waals surface area (Å²) >= 11 is 0. The lowest BCUT2D eigenvalue weighted by atomic mass is 10.1. The van der Waals surface area contributed by atoms with Crippen molar-refractivity contribution in [2.75, 3.05) is 36.5 Å². The Hall–Kier alpha value is -4.04. The third-order valence-corrected chi connectivity index (χ3v) is 5.54. The molecule has 8 heteroatoms. The number of hydrogen-bond donors (Lipinski definition) is 1. The fourth-order valence-electron chi connectivity index (χ4n) is 3.67. The third kappa shape index (κ3) is 4.61. The first kappa shape index (κ1) is 20.8. The van der Waals surface area contributed by atoms with E-state index < -0.39 is 0 Å². The molecule has 0 atom stereocenters. The van der Waals surface area contributed by atoms with Crippen LogP contribution in [0.1, 0.15) is 15.9 Å².